The van der Waals surface area contributed by atoms with Crippen LogP contribution in [0.3, 0.4) is 0 Å². The topological polar surface area (TPSA) is 0 Å². The monoisotopic (exact) mass is 1300 g/mol. The van der Waals surface area contributed by atoms with Crippen molar-refractivity contribution < 1.29 is 0 Å². The predicted molar refractivity (Wildman–Crippen MR) is 448 cm³/mol. The number of rotatable bonds is 16. The number of aryl methyl sites for hydroxylation is 10. The smallest absolute Gasteiger partial charge is 0.0105 e. The molecule has 9 aromatic rings. The maximum atomic E-state index is 2.47. The van der Waals surface area contributed by atoms with E-state index in [0.29, 0.717) is 0 Å². The largest absolute Gasteiger partial charge is 0.0683 e. The first-order valence-corrected chi connectivity index (χ1v) is 39.5. The third-order valence-electron chi connectivity index (χ3n) is 17.0. The zero-order chi connectivity index (χ0) is 73.6. The van der Waals surface area contributed by atoms with Gasteiger partial charge in [0.2, 0.25) is 0 Å². The second-order valence-electron chi connectivity index (χ2n) is 22.3. The lowest BCUT2D eigenvalue weighted by atomic mass is 9.83. The van der Waals surface area contributed by atoms with Crippen molar-refractivity contribution in [3.63, 3.8) is 0 Å². The van der Waals surface area contributed by atoms with Crippen LogP contribution in [0.1, 0.15) is 286 Å². The highest BCUT2D eigenvalue weighted by molar-refractivity contribution is 6.07. The highest BCUT2D eigenvalue weighted by atomic mass is 14.2. The highest BCUT2D eigenvalue weighted by Crippen LogP contribution is 2.36. The van der Waals surface area contributed by atoms with Gasteiger partial charge in [0.05, 0.1) is 0 Å². The number of benzene rings is 9. The van der Waals surface area contributed by atoms with Crippen LogP contribution < -0.4 is 0 Å². The Hall–Kier alpha value is -6.50. The van der Waals surface area contributed by atoms with Gasteiger partial charge in [0.1, 0.15) is 0 Å². The van der Waals surface area contributed by atoms with Crippen LogP contribution in [-0.4, -0.2) is 0 Å². The van der Waals surface area contributed by atoms with Gasteiger partial charge in [-0.15, -0.1) is 0 Å². The van der Waals surface area contributed by atoms with E-state index in [1.807, 2.05) is 125 Å². The first kappa shape index (κ1) is 93.7. The molecule has 0 bridgehead atoms. The Bertz CT molecular complexity index is 3280. The molecule has 0 unspecified atom stereocenters. The van der Waals surface area contributed by atoms with Crippen LogP contribution in [0.4, 0.5) is 0 Å². The molecular weight excluding hydrogens is 1150 g/mol. The van der Waals surface area contributed by atoms with Crippen LogP contribution in [0.25, 0.3) is 54.9 Å². The van der Waals surface area contributed by atoms with Crippen LogP contribution in [-0.2, 0) is 64.2 Å². The Balaban J connectivity index is -0.00000111. The summed E-state index contributed by atoms with van der Waals surface area (Å²) in [5.74, 6) is 1.65. The van der Waals surface area contributed by atoms with Gasteiger partial charge in [0.25, 0.3) is 0 Å². The number of hydrogen-bond donors (Lipinski definition) is 0. The molecule has 0 nitrogen and oxygen atoms in total. The van der Waals surface area contributed by atoms with E-state index >= 15 is 0 Å². The van der Waals surface area contributed by atoms with Gasteiger partial charge in [-0.2, -0.15) is 0 Å². The Labute approximate surface area is 597 Å². The maximum Gasteiger partial charge on any atom is -0.0105 e. The van der Waals surface area contributed by atoms with Crippen LogP contribution in [0, 0.1) is 25.7 Å². The molecule has 0 aliphatic heterocycles. The summed E-state index contributed by atoms with van der Waals surface area (Å²) in [6.07, 6.45) is 16.6. The summed E-state index contributed by atoms with van der Waals surface area (Å²) in [6, 6.07) is 64.1. The summed E-state index contributed by atoms with van der Waals surface area (Å²) >= 11 is 0. The molecule has 10 rings (SSSR count). The molecule has 0 saturated heterocycles. The molecule has 9 aromatic carbocycles. The summed E-state index contributed by atoms with van der Waals surface area (Å²) < 4.78 is 0. The molecule has 532 valence electrons. The fourth-order valence-corrected chi connectivity index (χ4v) is 11.6. The van der Waals surface area contributed by atoms with Gasteiger partial charge in [0, 0.05) is 0 Å². The third-order valence-corrected chi connectivity index (χ3v) is 17.0. The standard InChI is InChI=1S/C21H26.C21H24.2C18H22.9C2H6/c2*1-4-16(5-2)13-17-7-11-21-19(14-17)9-8-18-12-15(3)6-10-20(18)21;1-4-14-7-9-17(10-8-14)18-12-15(5-2)11-16(6-3)13-18;1-4-14-7-9-17(10-8-14)18-12-11-15(5-2)16(6-3)13-18;9*1-2/h6-7,10-12,14,16H,4-5,8-9,13H2,1-3H3;6-12,14,16H,4-5,13H2,1-3H3;2*7-13H,4-6H2,1-3H3;9*1-2H3. The Morgan fingerprint density at radius 3 is 1.02 bits per heavy atom. The summed E-state index contributed by atoms with van der Waals surface area (Å²) in [5.41, 5.74) is 25.7. The van der Waals surface area contributed by atoms with Crippen molar-refractivity contribution in [2.75, 3.05) is 0 Å². The van der Waals surface area contributed by atoms with Crippen LogP contribution in [0.15, 0.2) is 170 Å². The Kier molecular flexibility index (Phi) is 57.2. The molecule has 1 aliphatic rings. The van der Waals surface area contributed by atoms with Crippen LogP contribution >= 0.6 is 0 Å². The molecule has 0 N–H and O–H groups in total. The normalized spacial score (nSPS) is 9.96. The highest BCUT2D eigenvalue weighted by Gasteiger charge is 2.17. The van der Waals surface area contributed by atoms with Gasteiger partial charge in [-0.3, -0.25) is 0 Å². The fourth-order valence-electron chi connectivity index (χ4n) is 11.6. The molecule has 0 amide bonds. The summed E-state index contributed by atoms with van der Waals surface area (Å²) in [7, 11) is 0. The van der Waals surface area contributed by atoms with Crippen molar-refractivity contribution >= 4 is 21.5 Å². The fraction of sp³-hybridized carbons (Fsp3) is 0.479. The lowest BCUT2D eigenvalue weighted by Crippen LogP contribution is -2.07. The van der Waals surface area contributed by atoms with Gasteiger partial charge in [-0.25, -0.2) is 0 Å². The molecule has 0 saturated carbocycles. The van der Waals surface area contributed by atoms with Crippen molar-refractivity contribution in [3.05, 3.63) is 237 Å². The van der Waals surface area contributed by atoms with Gasteiger partial charge in [0.15, 0.2) is 0 Å². The molecule has 0 spiro atoms. The number of hydrogen-bond acceptors (Lipinski definition) is 0. The first-order valence-electron chi connectivity index (χ1n) is 39.5. The minimum atomic E-state index is 0.811. The molecule has 0 heteroatoms. The van der Waals surface area contributed by atoms with Gasteiger partial charge in [-0.1, -0.05) is 401 Å². The van der Waals surface area contributed by atoms with Crippen molar-refractivity contribution in [2.45, 2.75) is 298 Å². The van der Waals surface area contributed by atoms with E-state index in [1.165, 1.54) is 167 Å². The molecule has 0 radical (unpaired) electrons. The minimum Gasteiger partial charge on any atom is -0.0683 e. The minimum absolute atomic E-state index is 0.811. The molecular formula is C96H148. The van der Waals surface area contributed by atoms with Crippen LogP contribution in [0.5, 0.6) is 0 Å². The van der Waals surface area contributed by atoms with Crippen molar-refractivity contribution in [1.82, 2.24) is 0 Å². The van der Waals surface area contributed by atoms with Crippen LogP contribution in [0.2, 0.25) is 0 Å². The van der Waals surface area contributed by atoms with E-state index < -0.39 is 0 Å². The van der Waals surface area contributed by atoms with Crippen molar-refractivity contribution in [3.8, 4) is 33.4 Å². The first-order chi connectivity index (χ1) is 47.0. The lowest BCUT2D eigenvalue weighted by molar-refractivity contribution is 0.490. The quantitative estimate of drug-likeness (QED) is 0.0846. The van der Waals surface area contributed by atoms with E-state index in [9.17, 15) is 0 Å². The van der Waals surface area contributed by atoms with E-state index in [0.717, 1.165) is 50.4 Å². The third kappa shape index (κ3) is 31.4. The molecule has 96 heavy (non-hydrogen) atoms. The van der Waals surface area contributed by atoms with Gasteiger partial charge < -0.3 is 0 Å². The Morgan fingerprint density at radius 1 is 0.250 bits per heavy atom. The molecule has 0 aromatic heterocycles. The molecule has 0 heterocycles. The van der Waals surface area contributed by atoms with E-state index in [4.69, 9.17) is 0 Å². The van der Waals surface area contributed by atoms with Gasteiger partial charge in [-0.05, 0) is 200 Å². The number of fused-ring (bicyclic) bond motifs is 6. The predicted octanol–water partition coefficient (Wildman–Crippen LogP) is 31.3. The summed E-state index contributed by atoms with van der Waals surface area (Å²) in [6.45, 7) is 62.9. The van der Waals surface area contributed by atoms with E-state index in [1.54, 1.807) is 5.56 Å². The summed E-state index contributed by atoms with van der Waals surface area (Å²) in [5, 5.41) is 5.46. The second-order valence-corrected chi connectivity index (χ2v) is 22.3. The SMILES string of the molecule is CC.CC.CC.CC.CC.CC.CC.CC.CC.CCC(CC)Cc1ccc2c(c1)CCc1cc(C)ccc1-2.CCC(CC)Cc1ccc2c(ccc3cc(C)ccc32)c1.CCc1ccc(-c2cc(CC)cc(CC)c2)cc1.CCc1ccc(-c2ccc(CC)c(CC)c2)cc1. The zero-order valence-electron chi connectivity index (χ0n) is 68.2. The molecule has 1 aliphatic carbocycles. The zero-order valence-corrected chi connectivity index (χ0v) is 68.2. The average Bonchev–Trinajstić information content (AvgIpc) is 0.832. The van der Waals surface area contributed by atoms with Gasteiger partial charge >= 0.3 is 0 Å². The molecule has 0 fully saturated rings. The summed E-state index contributed by atoms with van der Waals surface area (Å²) in [4.78, 5) is 0. The second kappa shape index (κ2) is 58.6. The molecule has 0 atom stereocenters. The van der Waals surface area contributed by atoms with E-state index in [2.05, 4.69) is 253 Å². The van der Waals surface area contributed by atoms with Crippen molar-refractivity contribution in [2.24, 2.45) is 11.8 Å². The lowest BCUT2D eigenvalue weighted by Gasteiger charge is -2.22. The van der Waals surface area contributed by atoms with E-state index in [-0.39, 0.29) is 0 Å². The average molecular weight is 1300 g/mol. The maximum absolute atomic E-state index is 2.47. The Morgan fingerprint density at radius 2 is 0.594 bits per heavy atom. The van der Waals surface area contributed by atoms with Crippen molar-refractivity contribution in [1.29, 1.82) is 0 Å².